The Hall–Kier alpha value is -2.93. The van der Waals surface area contributed by atoms with Gasteiger partial charge in [-0.15, -0.1) is 0 Å². The van der Waals surface area contributed by atoms with E-state index in [0.29, 0.717) is 37.6 Å². The number of fused-ring (bicyclic) bond motifs is 1. The second kappa shape index (κ2) is 7.98. The minimum atomic E-state index is -0.720. The predicted octanol–water partition coefficient (Wildman–Crippen LogP) is 3.65. The zero-order valence-electron chi connectivity index (χ0n) is 15.3. The van der Waals surface area contributed by atoms with Crippen molar-refractivity contribution < 1.29 is 18.3 Å². The van der Waals surface area contributed by atoms with Crippen LogP contribution in [0.3, 0.4) is 0 Å². The lowest BCUT2D eigenvalue weighted by atomic mass is 10.1. The zero-order valence-corrected chi connectivity index (χ0v) is 15.3. The highest BCUT2D eigenvalue weighted by Gasteiger charge is 2.27. The molecular weight excluding hydrogens is 364 g/mol. The number of rotatable bonds is 6. The van der Waals surface area contributed by atoms with Crippen molar-refractivity contribution in [3.05, 3.63) is 60.0 Å². The molecule has 28 heavy (non-hydrogen) atoms. The summed E-state index contributed by atoms with van der Waals surface area (Å²) < 4.78 is 32.9. The van der Waals surface area contributed by atoms with Crippen molar-refractivity contribution in [1.29, 1.82) is 0 Å². The Morgan fingerprint density at radius 3 is 2.82 bits per heavy atom. The summed E-state index contributed by atoms with van der Waals surface area (Å²) in [6, 6.07) is 11.8. The van der Waals surface area contributed by atoms with Crippen LogP contribution in [-0.4, -0.2) is 43.2 Å². The first-order valence-electron chi connectivity index (χ1n) is 9.26. The van der Waals surface area contributed by atoms with Gasteiger partial charge < -0.3 is 15.4 Å². The summed E-state index contributed by atoms with van der Waals surface area (Å²) in [6.45, 7) is 2.46. The number of alkyl halides is 1. The Balaban J connectivity index is 1.34. The fourth-order valence-electron chi connectivity index (χ4n) is 3.43. The predicted molar refractivity (Wildman–Crippen MR) is 105 cm³/mol. The van der Waals surface area contributed by atoms with E-state index in [9.17, 15) is 13.6 Å². The molecule has 7 heteroatoms. The second-order valence-corrected chi connectivity index (χ2v) is 6.88. The van der Waals surface area contributed by atoms with Gasteiger partial charge in [0.2, 0.25) is 0 Å². The van der Waals surface area contributed by atoms with Crippen molar-refractivity contribution in [2.45, 2.75) is 12.6 Å². The molecule has 2 aliphatic rings. The summed E-state index contributed by atoms with van der Waals surface area (Å²) in [5.41, 5.74) is 1.75. The van der Waals surface area contributed by atoms with E-state index in [1.165, 1.54) is 12.3 Å². The van der Waals surface area contributed by atoms with Crippen LogP contribution in [0.15, 0.2) is 48.7 Å². The molecule has 1 amide bonds. The number of anilines is 2. The zero-order chi connectivity index (χ0) is 19.5. The van der Waals surface area contributed by atoms with Crippen molar-refractivity contribution in [1.82, 2.24) is 4.90 Å². The van der Waals surface area contributed by atoms with Gasteiger partial charge in [-0.25, -0.2) is 8.78 Å². The summed E-state index contributed by atoms with van der Waals surface area (Å²) in [6.07, 6.45) is 1.38. The van der Waals surface area contributed by atoms with Gasteiger partial charge in [-0.3, -0.25) is 9.69 Å². The number of benzene rings is 2. The topological polar surface area (TPSA) is 53.6 Å². The Bertz CT molecular complexity index is 899. The van der Waals surface area contributed by atoms with Crippen LogP contribution in [0.4, 0.5) is 20.2 Å². The summed E-state index contributed by atoms with van der Waals surface area (Å²) in [5, 5.41) is 5.67. The van der Waals surface area contributed by atoms with Crippen molar-refractivity contribution in [3.8, 4) is 5.75 Å². The van der Waals surface area contributed by atoms with Gasteiger partial charge in [-0.2, -0.15) is 0 Å². The van der Waals surface area contributed by atoms with Crippen LogP contribution < -0.4 is 15.4 Å². The third kappa shape index (κ3) is 3.99. The highest BCUT2D eigenvalue weighted by Crippen LogP contribution is 2.33. The average molecular weight is 385 g/mol. The number of likely N-dealkylation sites (tertiary alicyclic amines) is 1. The Morgan fingerprint density at radius 1 is 1.25 bits per heavy atom. The van der Waals surface area contributed by atoms with E-state index in [1.54, 1.807) is 12.1 Å². The molecule has 2 aromatic rings. The number of nitrogens with zero attached hydrogens (tertiary/aromatic N) is 1. The lowest BCUT2D eigenvalue weighted by Crippen LogP contribution is -2.26. The Morgan fingerprint density at radius 2 is 2.07 bits per heavy atom. The second-order valence-electron chi connectivity index (χ2n) is 6.88. The van der Waals surface area contributed by atoms with Crippen LogP contribution >= 0.6 is 0 Å². The largest absolute Gasteiger partial charge is 0.492 e. The molecule has 0 spiro atoms. The molecule has 1 saturated heterocycles. The molecule has 2 aromatic carbocycles. The van der Waals surface area contributed by atoms with Crippen LogP contribution in [0.5, 0.6) is 5.75 Å². The molecule has 2 heterocycles. The van der Waals surface area contributed by atoms with E-state index in [0.717, 1.165) is 12.2 Å². The van der Waals surface area contributed by atoms with E-state index in [4.69, 9.17) is 4.74 Å². The number of halogens is 2. The normalized spacial score (nSPS) is 20.3. The van der Waals surface area contributed by atoms with Gasteiger partial charge >= 0.3 is 0 Å². The van der Waals surface area contributed by atoms with E-state index >= 15 is 0 Å². The average Bonchev–Trinajstić information content (AvgIpc) is 3.24. The minimum absolute atomic E-state index is 0.255. The number of hydrogen-bond donors (Lipinski definition) is 2. The van der Waals surface area contributed by atoms with Crippen molar-refractivity contribution in [2.24, 2.45) is 0 Å². The van der Waals surface area contributed by atoms with Crippen LogP contribution in [-0.2, 0) is 4.79 Å². The molecule has 1 fully saturated rings. The third-order valence-electron chi connectivity index (χ3n) is 4.90. The standard InChI is InChI=1S/C21H21F2N3O2/c22-14-8-9-26(13-14)10-11-28-16-6-4-15(5-7-16)24-12-17-20-18(23)2-1-3-19(20)25-21(17)27/h1-7,12,14,24H,8-11,13H2,(H,25,27). The highest BCUT2D eigenvalue weighted by atomic mass is 19.1. The Labute approximate surface area is 162 Å². The number of nitrogens with one attached hydrogen (secondary N) is 2. The quantitative estimate of drug-likeness (QED) is 0.746. The fraction of sp³-hybridized carbons (Fsp3) is 0.286. The van der Waals surface area contributed by atoms with Gasteiger partial charge in [0.15, 0.2) is 0 Å². The number of carbonyl (C=O) groups excluding carboxylic acids is 1. The molecule has 0 bridgehead atoms. The van der Waals surface area contributed by atoms with E-state index in [2.05, 4.69) is 15.5 Å². The van der Waals surface area contributed by atoms with Gasteiger partial charge in [-0.1, -0.05) is 6.07 Å². The molecule has 0 radical (unpaired) electrons. The monoisotopic (exact) mass is 385 g/mol. The van der Waals surface area contributed by atoms with Crippen molar-refractivity contribution in [2.75, 3.05) is 36.9 Å². The first-order valence-corrected chi connectivity index (χ1v) is 9.26. The smallest absolute Gasteiger partial charge is 0.257 e. The van der Waals surface area contributed by atoms with Crippen LogP contribution in [0, 0.1) is 5.82 Å². The molecule has 2 N–H and O–H groups in total. The number of ether oxygens (including phenoxy) is 1. The maximum atomic E-state index is 14.0. The Kier molecular flexibility index (Phi) is 5.25. The summed E-state index contributed by atoms with van der Waals surface area (Å²) in [4.78, 5) is 14.1. The molecule has 146 valence electrons. The van der Waals surface area contributed by atoms with Crippen LogP contribution in [0.25, 0.3) is 5.57 Å². The molecule has 2 aliphatic heterocycles. The third-order valence-corrected chi connectivity index (χ3v) is 4.90. The SMILES string of the molecule is O=C1Nc2cccc(F)c2C1=CNc1ccc(OCCN2CCC(F)C2)cc1. The molecule has 4 rings (SSSR count). The van der Waals surface area contributed by atoms with E-state index in [1.807, 2.05) is 24.3 Å². The van der Waals surface area contributed by atoms with E-state index in [-0.39, 0.29) is 17.0 Å². The van der Waals surface area contributed by atoms with Gasteiger partial charge in [0, 0.05) is 37.1 Å². The fourth-order valence-corrected chi connectivity index (χ4v) is 3.43. The molecule has 1 unspecified atom stereocenters. The molecule has 1 atom stereocenters. The van der Waals surface area contributed by atoms with Gasteiger partial charge in [0.05, 0.1) is 11.3 Å². The lowest BCUT2D eigenvalue weighted by Gasteiger charge is -2.15. The van der Waals surface area contributed by atoms with Crippen LogP contribution in [0.2, 0.25) is 0 Å². The number of hydrogen-bond acceptors (Lipinski definition) is 4. The van der Waals surface area contributed by atoms with E-state index < -0.39 is 12.0 Å². The van der Waals surface area contributed by atoms with Gasteiger partial charge in [0.1, 0.15) is 24.3 Å². The molecule has 0 saturated carbocycles. The molecule has 0 aromatic heterocycles. The first-order chi connectivity index (χ1) is 13.6. The first kappa shape index (κ1) is 18.4. The maximum absolute atomic E-state index is 14.0. The number of amides is 1. The van der Waals surface area contributed by atoms with Crippen molar-refractivity contribution >= 4 is 22.9 Å². The lowest BCUT2D eigenvalue weighted by molar-refractivity contribution is -0.110. The van der Waals surface area contributed by atoms with Gasteiger partial charge in [0.25, 0.3) is 5.91 Å². The van der Waals surface area contributed by atoms with Crippen LogP contribution in [0.1, 0.15) is 12.0 Å². The molecule has 5 nitrogen and oxygen atoms in total. The summed E-state index contributed by atoms with van der Waals surface area (Å²) in [7, 11) is 0. The molecular formula is C21H21F2N3O2. The van der Waals surface area contributed by atoms with Gasteiger partial charge in [-0.05, 0) is 42.8 Å². The summed E-state index contributed by atoms with van der Waals surface area (Å²) in [5.74, 6) is -0.0704. The van der Waals surface area contributed by atoms with Crippen molar-refractivity contribution in [3.63, 3.8) is 0 Å². The summed E-state index contributed by atoms with van der Waals surface area (Å²) >= 11 is 0. The maximum Gasteiger partial charge on any atom is 0.257 e. The molecule has 0 aliphatic carbocycles. The number of carbonyl (C=O) groups is 1. The minimum Gasteiger partial charge on any atom is -0.492 e. The highest BCUT2D eigenvalue weighted by molar-refractivity contribution is 6.31.